The van der Waals surface area contributed by atoms with Gasteiger partial charge in [-0.05, 0) is 62.3 Å². The third kappa shape index (κ3) is 5.49. The molecule has 1 amide bonds. The number of anilines is 1. The lowest BCUT2D eigenvalue weighted by Gasteiger charge is -2.24. The Kier molecular flexibility index (Phi) is 7.93. The van der Waals surface area contributed by atoms with Gasteiger partial charge in [-0.25, -0.2) is 8.42 Å². The summed E-state index contributed by atoms with van der Waals surface area (Å²) in [5.41, 5.74) is 3.25. The molecular formula is C32H38N4O5S. The Labute approximate surface area is 247 Å². The zero-order valence-corrected chi connectivity index (χ0v) is 25.1. The van der Waals surface area contributed by atoms with Crippen LogP contribution in [0.3, 0.4) is 0 Å². The quantitative estimate of drug-likeness (QED) is 0.382. The van der Waals surface area contributed by atoms with E-state index in [-0.39, 0.29) is 16.6 Å². The van der Waals surface area contributed by atoms with E-state index in [4.69, 9.17) is 14.3 Å². The molecule has 3 heterocycles. The lowest BCUT2D eigenvalue weighted by atomic mass is 9.96. The van der Waals surface area contributed by atoms with Crippen LogP contribution in [0, 0.1) is 13.8 Å². The van der Waals surface area contributed by atoms with Gasteiger partial charge in [0.1, 0.15) is 17.1 Å². The summed E-state index contributed by atoms with van der Waals surface area (Å²) in [6.45, 7) is 4.91. The highest BCUT2D eigenvalue weighted by molar-refractivity contribution is 7.92. The molecule has 2 aliphatic heterocycles. The molecule has 10 heteroatoms. The van der Waals surface area contributed by atoms with Gasteiger partial charge in [0.25, 0.3) is 15.9 Å². The molecule has 1 fully saturated rings. The zero-order chi connectivity index (χ0) is 29.3. The topological polar surface area (TPSA) is 114 Å². The molecule has 0 unspecified atom stereocenters. The number of aromatic nitrogens is 1. The number of rotatable bonds is 4. The largest absolute Gasteiger partial charge is 0.377 e. The van der Waals surface area contributed by atoms with Gasteiger partial charge in [0.2, 0.25) is 0 Å². The van der Waals surface area contributed by atoms with Crippen molar-refractivity contribution in [3.05, 3.63) is 64.9 Å². The molecule has 0 saturated heterocycles. The molecule has 2 bridgehead atoms. The first-order chi connectivity index (χ1) is 20.3. The summed E-state index contributed by atoms with van der Waals surface area (Å²) < 4.78 is 41.1. The minimum absolute atomic E-state index is 0.130. The Morgan fingerprint density at radius 1 is 0.952 bits per heavy atom. The number of hydrogen-bond acceptors (Lipinski definition) is 7. The van der Waals surface area contributed by atoms with Crippen LogP contribution >= 0.6 is 0 Å². The maximum atomic E-state index is 13.7. The van der Waals surface area contributed by atoms with Crippen molar-refractivity contribution in [2.45, 2.75) is 95.2 Å². The second-order valence-electron chi connectivity index (χ2n) is 11.7. The van der Waals surface area contributed by atoms with Crippen molar-refractivity contribution in [1.82, 2.24) is 10.1 Å². The Morgan fingerprint density at radius 3 is 2.52 bits per heavy atom. The maximum Gasteiger partial charge on any atom is 0.263 e. The number of nitrogens with one attached hydrogen (secondary N) is 1. The highest BCUT2D eigenvalue weighted by Crippen LogP contribution is 2.40. The summed E-state index contributed by atoms with van der Waals surface area (Å²) in [7, 11) is -3.98. The van der Waals surface area contributed by atoms with E-state index in [0.717, 1.165) is 80.3 Å². The van der Waals surface area contributed by atoms with Gasteiger partial charge in [-0.2, -0.15) is 0 Å². The first kappa shape index (κ1) is 28.6. The van der Waals surface area contributed by atoms with Crippen molar-refractivity contribution in [1.29, 1.82) is 0 Å². The lowest BCUT2D eigenvalue weighted by molar-refractivity contribution is -0.131. The molecule has 3 aromatic rings. The van der Waals surface area contributed by atoms with Crippen molar-refractivity contribution < 1.29 is 22.5 Å². The van der Waals surface area contributed by atoms with E-state index in [0.29, 0.717) is 36.6 Å². The average Bonchev–Trinajstić information content (AvgIpc) is 3.65. The van der Waals surface area contributed by atoms with Crippen LogP contribution in [0.2, 0.25) is 0 Å². The van der Waals surface area contributed by atoms with Gasteiger partial charge in [-0.1, -0.05) is 67.2 Å². The Bertz CT molecular complexity index is 1620. The number of nitrogens with zero attached hydrogens (tertiary/aromatic N) is 3. The van der Waals surface area contributed by atoms with Crippen LogP contribution < -0.4 is 4.72 Å². The molecule has 1 spiro atoms. The lowest BCUT2D eigenvalue weighted by Crippen LogP contribution is -2.40. The minimum Gasteiger partial charge on any atom is -0.377 e. The maximum absolute atomic E-state index is 13.7. The van der Waals surface area contributed by atoms with Gasteiger partial charge in [0, 0.05) is 24.2 Å². The van der Waals surface area contributed by atoms with E-state index in [2.05, 4.69) is 9.88 Å². The summed E-state index contributed by atoms with van der Waals surface area (Å²) in [5, 5.41) is 3.89. The number of benzene rings is 2. The Morgan fingerprint density at radius 2 is 1.74 bits per heavy atom. The van der Waals surface area contributed by atoms with Crippen LogP contribution in [0.4, 0.5) is 5.82 Å². The molecule has 1 aromatic heterocycles. The monoisotopic (exact) mass is 590 g/mol. The van der Waals surface area contributed by atoms with Gasteiger partial charge >= 0.3 is 0 Å². The Balaban J connectivity index is 1.36. The standard InChI is InChI=1S/C32H38N4O5S/c1-22-23(2)41-34-30(22)35-42(38,39)28-12-7-6-11-27(28)26-15-14-24-19-25(26)21-40-18-10-4-3-5-13-29-33-32(16-8-9-17-32)31(37)36(29)20-24/h6-7,11-12,14-15,19H,3-5,8-10,13,16-18,20-21H2,1-2H3,(H,34,35). The van der Waals surface area contributed by atoms with Crippen LogP contribution in [0.15, 0.2) is 56.9 Å². The molecule has 1 aliphatic carbocycles. The van der Waals surface area contributed by atoms with Crippen molar-refractivity contribution in [3.8, 4) is 11.1 Å². The number of fused-ring (bicyclic) bond motifs is 3. The summed E-state index contributed by atoms with van der Waals surface area (Å²) in [6.07, 6.45) is 8.62. The van der Waals surface area contributed by atoms with E-state index in [1.807, 2.05) is 35.2 Å². The number of aliphatic imine (C=N–C) groups is 1. The molecule has 2 aromatic carbocycles. The van der Waals surface area contributed by atoms with E-state index in [9.17, 15) is 13.2 Å². The first-order valence-electron chi connectivity index (χ1n) is 14.9. The molecule has 0 radical (unpaired) electrons. The molecular weight excluding hydrogens is 552 g/mol. The van der Waals surface area contributed by atoms with Crippen LogP contribution in [0.5, 0.6) is 0 Å². The number of amidine groups is 1. The van der Waals surface area contributed by atoms with E-state index >= 15 is 0 Å². The molecule has 6 rings (SSSR count). The van der Waals surface area contributed by atoms with Gasteiger partial charge in [0.15, 0.2) is 5.82 Å². The normalized spacial score (nSPS) is 19.4. The minimum atomic E-state index is -3.98. The van der Waals surface area contributed by atoms with Gasteiger partial charge < -0.3 is 9.26 Å². The molecule has 1 N–H and O–H groups in total. The number of carbonyl (C=O) groups is 1. The molecule has 1 saturated carbocycles. The molecule has 222 valence electrons. The Hall–Kier alpha value is -3.50. The van der Waals surface area contributed by atoms with Crippen LogP contribution in [0.25, 0.3) is 11.1 Å². The molecule has 0 atom stereocenters. The van der Waals surface area contributed by atoms with E-state index in [1.165, 1.54) is 0 Å². The number of carbonyl (C=O) groups excluding carboxylic acids is 1. The van der Waals surface area contributed by atoms with Crippen LogP contribution in [-0.4, -0.2) is 42.4 Å². The number of aryl methyl sites for hydroxylation is 1. The number of ether oxygens (including phenoxy) is 1. The zero-order valence-electron chi connectivity index (χ0n) is 24.3. The molecule has 42 heavy (non-hydrogen) atoms. The third-order valence-corrected chi connectivity index (χ3v) is 10.2. The summed E-state index contributed by atoms with van der Waals surface area (Å²) in [6, 6.07) is 12.9. The van der Waals surface area contributed by atoms with Crippen molar-refractivity contribution >= 4 is 27.6 Å². The van der Waals surface area contributed by atoms with Crippen molar-refractivity contribution in [2.75, 3.05) is 11.3 Å². The smallest absolute Gasteiger partial charge is 0.263 e. The fourth-order valence-electron chi connectivity index (χ4n) is 6.31. The van der Waals surface area contributed by atoms with Crippen molar-refractivity contribution in [2.24, 2.45) is 4.99 Å². The van der Waals surface area contributed by atoms with Gasteiger partial charge in [0.05, 0.1) is 18.0 Å². The second-order valence-corrected chi connectivity index (χ2v) is 13.3. The highest BCUT2D eigenvalue weighted by atomic mass is 32.2. The SMILES string of the molecule is Cc1onc(NS(=O)(=O)c2ccccc2-c2ccc3cc2COCCCCCCC2=NC4(CCCC4)C(=O)N2C3)c1C. The second kappa shape index (κ2) is 11.6. The number of amides is 1. The van der Waals surface area contributed by atoms with Crippen LogP contribution in [-0.2, 0) is 32.7 Å². The number of hydrogen-bond donors (Lipinski definition) is 1. The summed E-state index contributed by atoms with van der Waals surface area (Å²) in [5.74, 6) is 1.78. The first-order valence-corrected chi connectivity index (χ1v) is 16.4. The summed E-state index contributed by atoms with van der Waals surface area (Å²) >= 11 is 0. The predicted molar refractivity (Wildman–Crippen MR) is 161 cm³/mol. The predicted octanol–water partition coefficient (Wildman–Crippen LogP) is 6.29. The molecule has 3 aliphatic rings. The van der Waals surface area contributed by atoms with Gasteiger partial charge in [-0.3, -0.25) is 19.4 Å². The van der Waals surface area contributed by atoms with Crippen molar-refractivity contribution in [3.63, 3.8) is 0 Å². The van der Waals surface area contributed by atoms with Crippen LogP contribution in [0.1, 0.15) is 80.2 Å². The fourth-order valence-corrected chi connectivity index (χ4v) is 7.59. The van der Waals surface area contributed by atoms with E-state index in [1.54, 1.807) is 26.0 Å². The molecule has 9 nitrogen and oxygen atoms in total. The van der Waals surface area contributed by atoms with Gasteiger partial charge in [-0.15, -0.1) is 0 Å². The third-order valence-electron chi connectivity index (χ3n) is 8.79. The highest BCUT2D eigenvalue weighted by Gasteiger charge is 2.49. The summed E-state index contributed by atoms with van der Waals surface area (Å²) in [4.78, 5) is 20.8. The number of sulfonamides is 1. The fraction of sp³-hybridized carbons (Fsp3) is 0.469. The van der Waals surface area contributed by atoms with E-state index < -0.39 is 15.6 Å². The average molecular weight is 591 g/mol.